The Balaban J connectivity index is 0.000000360. The van der Waals surface area contributed by atoms with Gasteiger partial charge in [-0.2, -0.15) is 0 Å². The highest BCUT2D eigenvalue weighted by Crippen LogP contribution is 2.29. The second-order valence-corrected chi connectivity index (χ2v) is 21.8. The lowest BCUT2D eigenvalue weighted by molar-refractivity contribution is -0.123. The van der Waals surface area contributed by atoms with Crippen molar-refractivity contribution in [2.45, 2.75) is 141 Å². The SMILES string of the molecule is C.CC[C@H](NC(=O)N(Cc1cncs1)C1CC1)C(=O)N[C@@H](CC[C@@H](Cc1ccccc1)NC(=O)OCc1cncs1)Cc1ccccc1.I.II.N[C@@H](CC[C@@H](Cc1ccccc1)NC(=O)OCc1cncs1)Cc1ccccc1. The van der Waals surface area contributed by atoms with Crippen LogP contribution >= 0.6 is 95.2 Å². The monoisotopic (exact) mass is 1480 g/mol. The predicted molar refractivity (Wildman–Crippen MR) is 351 cm³/mol. The number of halogens is 3. The van der Waals surface area contributed by atoms with E-state index in [1.165, 1.54) is 45.1 Å². The van der Waals surface area contributed by atoms with Crippen molar-refractivity contribution in [2.24, 2.45) is 5.73 Å². The Morgan fingerprint density at radius 3 is 1.32 bits per heavy atom. The summed E-state index contributed by atoms with van der Waals surface area (Å²) < 4.78 is 10.8. The minimum absolute atomic E-state index is 0. The number of alkyl carbamates (subject to hydrolysis) is 2. The Hall–Kier alpha value is -4.80. The highest BCUT2D eigenvalue weighted by atomic mass is 128. The van der Waals surface area contributed by atoms with Crippen molar-refractivity contribution >= 4 is 119 Å². The van der Waals surface area contributed by atoms with Gasteiger partial charge in [0.2, 0.25) is 5.91 Å². The van der Waals surface area contributed by atoms with Crippen LogP contribution in [0.5, 0.6) is 0 Å². The van der Waals surface area contributed by atoms with Gasteiger partial charge in [0, 0.05) is 90.9 Å². The van der Waals surface area contributed by atoms with Crippen LogP contribution in [0.2, 0.25) is 0 Å². The number of aromatic nitrogens is 3. The van der Waals surface area contributed by atoms with Crippen LogP contribution in [0, 0.1) is 0 Å². The van der Waals surface area contributed by atoms with E-state index in [0.29, 0.717) is 38.6 Å². The van der Waals surface area contributed by atoms with E-state index in [0.717, 1.165) is 64.3 Å². The quantitative estimate of drug-likeness (QED) is 0.0308. The summed E-state index contributed by atoms with van der Waals surface area (Å²) in [5, 5.41) is 12.3. The van der Waals surface area contributed by atoms with Crippen LogP contribution in [0.3, 0.4) is 0 Å². The molecule has 3 heterocycles. The van der Waals surface area contributed by atoms with Gasteiger partial charge in [-0.15, -0.1) is 58.0 Å². The molecule has 0 bridgehead atoms. The lowest BCUT2D eigenvalue weighted by Crippen LogP contribution is -2.53. The van der Waals surface area contributed by atoms with Gasteiger partial charge in [0.05, 0.1) is 32.8 Å². The van der Waals surface area contributed by atoms with E-state index in [2.05, 4.69) is 97.7 Å². The Morgan fingerprint density at radius 1 is 0.575 bits per heavy atom. The van der Waals surface area contributed by atoms with E-state index in [-0.39, 0.29) is 86.8 Å². The first kappa shape index (κ1) is 67.7. The maximum atomic E-state index is 13.7. The van der Waals surface area contributed by atoms with Crippen molar-refractivity contribution in [3.63, 3.8) is 0 Å². The van der Waals surface area contributed by atoms with Crippen molar-refractivity contribution in [3.8, 4) is 0 Å². The zero-order valence-corrected chi connectivity index (χ0v) is 53.2. The zero-order chi connectivity index (χ0) is 55.2. The van der Waals surface area contributed by atoms with Gasteiger partial charge < -0.3 is 41.4 Å². The summed E-state index contributed by atoms with van der Waals surface area (Å²) in [5.41, 5.74) is 16.1. The molecule has 7 aromatic rings. The number of carbonyl (C=O) groups excluding carboxylic acids is 4. The van der Waals surface area contributed by atoms with E-state index in [4.69, 9.17) is 15.2 Å². The molecule has 6 N–H and O–H groups in total. The maximum Gasteiger partial charge on any atom is 0.407 e. The number of thiazole rings is 3. The number of nitrogens with two attached hydrogens (primary N) is 1. The number of hydrogen-bond acceptors (Lipinski definition) is 13. The van der Waals surface area contributed by atoms with Gasteiger partial charge in [-0.3, -0.25) is 19.7 Å². The third-order valence-electron chi connectivity index (χ3n) is 12.8. The highest BCUT2D eigenvalue weighted by Gasteiger charge is 2.35. The fourth-order valence-corrected chi connectivity index (χ4v) is 10.3. The van der Waals surface area contributed by atoms with Crippen LogP contribution in [-0.4, -0.2) is 80.2 Å². The summed E-state index contributed by atoms with van der Waals surface area (Å²) in [5.74, 6) is -0.216. The molecule has 1 fully saturated rings. The topological polar surface area (TPSA) is 203 Å². The minimum atomic E-state index is -0.677. The zero-order valence-electron chi connectivity index (χ0n) is 44.1. The number of ether oxygens (including phenoxy) is 2. The predicted octanol–water partition coefficient (Wildman–Crippen LogP) is 13.5. The number of urea groups is 1. The molecule has 5 atom stereocenters. The van der Waals surface area contributed by atoms with Gasteiger partial charge in [0.1, 0.15) is 19.3 Å². The number of amides is 5. The maximum absolute atomic E-state index is 13.7. The van der Waals surface area contributed by atoms with Crippen molar-refractivity contribution in [1.82, 2.24) is 41.1 Å². The smallest absolute Gasteiger partial charge is 0.407 e. The van der Waals surface area contributed by atoms with E-state index < -0.39 is 18.2 Å². The summed E-state index contributed by atoms with van der Waals surface area (Å²) in [6.45, 7) is 2.78. The number of carbonyl (C=O) groups is 4. The molecule has 430 valence electrons. The van der Waals surface area contributed by atoms with Gasteiger partial charge in [-0.05, 0) is 92.9 Å². The summed E-state index contributed by atoms with van der Waals surface area (Å²) in [4.78, 5) is 69.0. The minimum Gasteiger partial charge on any atom is -0.444 e. The molecule has 1 aliphatic carbocycles. The number of nitrogens with one attached hydrogen (secondary N) is 4. The fraction of sp³-hybridized carbons (Fsp3) is 0.373. The second-order valence-electron chi connectivity index (χ2n) is 18.9. The molecule has 0 saturated heterocycles. The van der Waals surface area contributed by atoms with Gasteiger partial charge in [0.15, 0.2) is 0 Å². The molecule has 3 aromatic heterocycles. The van der Waals surface area contributed by atoms with Crippen molar-refractivity contribution in [1.29, 1.82) is 0 Å². The van der Waals surface area contributed by atoms with E-state index in [1.807, 2.05) is 109 Å². The summed E-state index contributed by atoms with van der Waals surface area (Å²) in [7, 11) is 0. The van der Waals surface area contributed by atoms with Gasteiger partial charge in [-0.25, -0.2) is 14.4 Å². The lowest BCUT2D eigenvalue weighted by Gasteiger charge is -2.28. The molecule has 0 aliphatic heterocycles. The molecule has 0 spiro atoms. The van der Waals surface area contributed by atoms with Crippen LogP contribution in [0.1, 0.15) is 96.2 Å². The molecule has 0 radical (unpaired) electrons. The molecular formula is C59H74I3N9O6S3. The standard InChI is InChI=1S/C35H42N6O4S2.C23H27N3O2S.CH4.I2.HI/c1-2-32(40-34(43)41(29-15-16-29)21-30-19-36-23-46-30)33(42)38-27(17-25-9-5-3-6-10-25)13-14-28(18-26-11-7-4-8-12-26)39-35(44)45-22-31-20-37-24-47-31;24-20(13-18-7-3-1-4-8-18)11-12-21(14-19-9-5-2-6-10-19)26-23(27)28-16-22-15-25-17-29-22;;1-2;/h3-12,19-20,23-24,27-29,32H,2,13-18,21-22H2,1H3,(H,38,42)(H,39,44)(H,40,43);1-10,15,17,20-21H,11-14,16,24H2,(H,26,27);1H4;;1H/t27-,28-,32-;20-,21-;;;/m00.../s1. The van der Waals surface area contributed by atoms with Crippen LogP contribution in [0.15, 0.2) is 156 Å². The molecule has 8 rings (SSSR count). The second kappa shape index (κ2) is 38.8. The van der Waals surface area contributed by atoms with E-state index >= 15 is 0 Å². The Kier molecular flexibility index (Phi) is 32.9. The molecule has 0 unspecified atom stereocenters. The number of hydrogen-bond donors (Lipinski definition) is 5. The lowest BCUT2D eigenvalue weighted by atomic mass is 9.95. The number of rotatable bonds is 27. The van der Waals surface area contributed by atoms with E-state index in [1.54, 1.807) is 35.1 Å². The first-order valence-corrected chi connectivity index (χ1v) is 35.0. The highest BCUT2D eigenvalue weighted by molar-refractivity contribution is 15.0. The Labute approximate surface area is 524 Å². The third kappa shape index (κ3) is 26.0. The van der Waals surface area contributed by atoms with Crippen LogP contribution in [-0.2, 0) is 59.7 Å². The summed E-state index contributed by atoms with van der Waals surface area (Å²) in [6, 6.07) is 39.3. The molecule has 21 heteroatoms. The first-order chi connectivity index (χ1) is 38.1. The molecule has 80 heavy (non-hydrogen) atoms. The third-order valence-corrected chi connectivity index (χ3v) is 15.1. The number of nitrogens with zero attached hydrogens (tertiary/aromatic N) is 4. The average Bonchev–Trinajstić information content (AvgIpc) is 3.82. The van der Waals surface area contributed by atoms with E-state index in [9.17, 15) is 19.2 Å². The van der Waals surface area contributed by atoms with Crippen LogP contribution < -0.4 is 27.0 Å². The molecule has 1 aliphatic rings. The van der Waals surface area contributed by atoms with Crippen molar-refractivity contribution in [3.05, 3.63) is 193 Å². The first-order valence-electron chi connectivity index (χ1n) is 26.1. The van der Waals surface area contributed by atoms with Crippen LogP contribution in [0.4, 0.5) is 14.4 Å². The average molecular weight is 1480 g/mol. The van der Waals surface area contributed by atoms with Crippen LogP contribution in [0.25, 0.3) is 0 Å². The van der Waals surface area contributed by atoms with Crippen molar-refractivity contribution in [2.75, 3.05) is 0 Å². The summed E-state index contributed by atoms with van der Waals surface area (Å²) >= 11 is 8.66. The Bertz CT molecular complexity index is 2740. The number of benzene rings is 4. The molecule has 5 amide bonds. The van der Waals surface area contributed by atoms with Gasteiger partial charge in [-0.1, -0.05) is 136 Å². The molecular weight excluding hydrogens is 1410 g/mol. The van der Waals surface area contributed by atoms with Gasteiger partial charge in [0.25, 0.3) is 0 Å². The normalized spacial score (nSPS) is 13.2. The molecule has 4 aromatic carbocycles. The molecule has 1 saturated carbocycles. The summed E-state index contributed by atoms with van der Waals surface area (Å²) in [6.07, 6.45) is 12.3. The fourth-order valence-electron chi connectivity index (χ4n) is 8.65. The van der Waals surface area contributed by atoms with Crippen molar-refractivity contribution < 1.29 is 28.7 Å². The molecule has 15 nitrogen and oxygen atoms in total. The van der Waals surface area contributed by atoms with Gasteiger partial charge >= 0.3 is 18.2 Å². The largest absolute Gasteiger partial charge is 0.444 e. The Morgan fingerprint density at radius 2 is 0.950 bits per heavy atom.